The molecule has 0 bridgehead atoms. The van der Waals surface area contributed by atoms with Gasteiger partial charge in [0.1, 0.15) is 12.3 Å². The van der Waals surface area contributed by atoms with E-state index in [4.69, 9.17) is 9.47 Å². The molecule has 8 heteroatoms. The largest absolute Gasteiger partial charge is 0.495 e. The van der Waals surface area contributed by atoms with Crippen molar-refractivity contribution in [3.8, 4) is 5.75 Å². The van der Waals surface area contributed by atoms with Gasteiger partial charge in [-0.25, -0.2) is 0 Å². The van der Waals surface area contributed by atoms with Crippen LogP contribution in [0.25, 0.3) is 0 Å². The van der Waals surface area contributed by atoms with E-state index < -0.39 is 36.4 Å². The fourth-order valence-corrected chi connectivity index (χ4v) is 3.42. The Morgan fingerprint density at radius 3 is 2.36 bits per heavy atom. The van der Waals surface area contributed by atoms with Gasteiger partial charge in [-0.1, -0.05) is 24.3 Å². The second kappa shape index (κ2) is 8.24. The van der Waals surface area contributed by atoms with Crippen molar-refractivity contribution < 1.29 is 28.7 Å². The number of allylic oxidation sites excluding steroid dienone is 2. The molecule has 3 amide bonds. The molecule has 0 saturated carbocycles. The van der Waals surface area contributed by atoms with E-state index in [2.05, 4.69) is 5.32 Å². The van der Waals surface area contributed by atoms with E-state index >= 15 is 0 Å². The number of ether oxygens (including phenoxy) is 2. The monoisotopic (exact) mass is 386 g/mol. The minimum atomic E-state index is -1.10. The maximum absolute atomic E-state index is 12.4. The van der Waals surface area contributed by atoms with Gasteiger partial charge in [0, 0.05) is 0 Å². The Bertz CT molecular complexity index is 808. The number of para-hydroxylation sites is 2. The zero-order valence-electron chi connectivity index (χ0n) is 15.7. The third-order valence-corrected chi connectivity index (χ3v) is 4.93. The summed E-state index contributed by atoms with van der Waals surface area (Å²) in [5.41, 5.74) is 0.444. The van der Waals surface area contributed by atoms with Crippen LogP contribution in [0.3, 0.4) is 0 Å². The number of imide groups is 1. The van der Waals surface area contributed by atoms with Crippen LogP contribution in [-0.4, -0.2) is 48.3 Å². The molecule has 1 aromatic carbocycles. The summed E-state index contributed by atoms with van der Waals surface area (Å²) >= 11 is 0. The van der Waals surface area contributed by atoms with Crippen molar-refractivity contribution in [3.05, 3.63) is 36.4 Å². The SMILES string of the molecule is COc1ccccc1NC(=O)[C@H](C)OC(=O)CN1C(=O)[C@H]2CC=CC[C@@H]2C1=O. The number of anilines is 1. The number of hydrogen-bond donors (Lipinski definition) is 1. The van der Waals surface area contributed by atoms with Crippen molar-refractivity contribution in [3.63, 3.8) is 0 Å². The first kappa shape index (κ1) is 19.6. The Morgan fingerprint density at radius 2 is 1.75 bits per heavy atom. The molecule has 8 nitrogen and oxygen atoms in total. The number of nitrogens with zero attached hydrogens (tertiary/aromatic N) is 1. The highest BCUT2D eigenvalue weighted by Crippen LogP contribution is 2.34. The lowest BCUT2D eigenvalue weighted by Crippen LogP contribution is -2.39. The molecule has 1 N–H and O–H groups in total. The molecule has 2 aliphatic rings. The topological polar surface area (TPSA) is 102 Å². The van der Waals surface area contributed by atoms with Gasteiger partial charge in [0.2, 0.25) is 11.8 Å². The van der Waals surface area contributed by atoms with Crippen LogP contribution in [0.1, 0.15) is 19.8 Å². The van der Waals surface area contributed by atoms with Gasteiger partial charge in [0.05, 0.1) is 24.6 Å². The quantitative estimate of drug-likeness (QED) is 0.452. The molecule has 0 spiro atoms. The summed E-state index contributed by atoms with van der Waals surface area (Å²) in [7, 11) is 1.48. The maximum Gasteiger partial charge on any atom is 0.326 e. The second-order valence-electron chi connectivity index (χ2n) is 6.74. The lowest BCUT2D eigenvalue weighted by Gasteiger charge is -2.17. The molecule has 3 atom stereocenters. The summed E-state index contributed by atoms with van der Waals surface area (Å²) in [6, 6.07) is 6.83. The van der Waals surface area contributed by atoms with Gasteiger partial charge >= 0.3 is 5.97 Å². The summed E-state index contributed by atoms with van der Waals surface area (Å²) in [5.74, 6) is -2.41. The van der Waals surface area contributed by atoms with Crippen LogP contribution in [0.15, 0.2) is 36.4 Å². The summed E-state index contributed by atoms with van der Waals surface area (Å²) in [6.07, 6.45) is 3.64. The van der Waals surface area contributed by atoms with E-state index in [1.165, 1.54) is 14.0 Å². The highest BCUT2D eigenvalue weighted by Gasteiger charge is 2.47. The Labute approximate surface area is 162 Å². The molecule has 3 rings (SSSR count). The molecule has 0 radical (unpaired) electrons. The van der Waals surface area contributed by atoms with Crippen molar-refractivity contribution in [1.82, 2.24) is 4.90 Å². The summed E-state index contributed by atoms with van der Waals surface area (Å²) in [4.78, 5) is 50.2. The zero-order chi connectivity index (χ0) is 20.3. The van der Waals surface area contributed by atoms with Crippen LogP contribution in [-0.2, 0) is 23.9 Å². The van der Waals surface area contributed by atoms with Gasteiger partial charge in [0.25, 0.3) is 5.91 Å². The third kappa shape index (κ3) is 3.90. The molecule has 1 aliphatic carbocycles. The molecule has 0 unspecified atom stereocenters. The highest BCUT2D eigenvalue weighted by atomic mass is 16.5. The van der Waals surface area contributed by atoms with E-state index in [0.717, 1.165) is 4.90 Å². The Morgan fingerprint density at radius 1 is 1.14 bits per heavy atom. The number of carbonyl (C=O) groups is 4. The Kier molecular flexibility index (Phi) is 5.77. The van der Waals surface area contributed by atoms with Gasteiger partial charge in [-0.05, 0) is 31.9 Å². The highest BCUT2D eigenvalue weighted by molar-refractivity contribution is 6.07. The second-order valence-corrected chi connectivity index (χ2v) is 6.74. The van der Waals surface area contributed by atoms with Crippen LogP contribution in [0.2, 0.25) is 0 Å². The third-order valence-electron chi connectivity index (χ3n) is 4.93. The molecular formula is C20H22N2O6. The zero-order valence-corrected chi connectivity index (χ0v) is 15.7. The number of rotatable bonds is 6. The molecule has 28 heavy (non-hydrogen) atoms. The first-order valence-corrected chi connectivity index (χ1v) is 9.06. The smallest absolute Gasteiger partial charge is 0.326 e. The summed E-state index contributed by atoms with van der Waals surface area (Å²) in [6.45, 7) is 0.927. The lowest BCUT2D eigenvalue weighted by atomic mass is 9.85. The van der Waals surface area contributed by atoms with Crippen molar-refractivity contribution in [2.75, 3.05) is 19.0 Å². The van der Waals surface area contributed by atoms with Crippen LogP contribution >= 0.6 is 0 Å². The fraction of sp³-hybridized carbons (Fsp3) is 0.400. The van der Waals surface area contributed by atoms with Gasteiger partial charge in [-0.15, -0.1) is 0 Å². The molecule has 1 fully saturated rings. The minimum absolute atomic E-state index is 0.359. The average Bonchev–Trinajstić information content (AvgIpc) is 2.93. The number of fused-ring (bicyclic) bond motifs is 1. The van der Waals surface area contributed by atoms with E-state index in [-0.39, 0.29) is 11.8 Å². The van der Waals surface area contributed by atoms with Crippen LogP contribution in [0.4, 0.5) is 5.69 Å². The molecule has 1 aliphatic heterocycles. The number of esters is 1. The van der Waals surface area contributed by atoms with Crippen molar-refractivity contribution in [1.29, 1.82) is 0 Å². The number of amides is 3. The molecule has 1 heterocycles. The van der Waals surface area contributed by atoms with Gasteiger partial charge in [0.15, 0.2) is 6.10 Å². The van der Waals surface area contributed by atoms with Gasteiger partial charge in [-0.3, -0.25) is 24.1 Å². The van der Waals surface area contributed by atoms with Gasteiger partial charge in [-0.2, -0.15) is 0 Å². The van der Waals surface area contributed by atoms with Gasteiger partial charge < -0.3 is 14.8 Å². The molecule has 1 aromatic rings. The maximum atomic E-state index is 12.4. The Hall–Kier alpha value is -3.16. The summed E-state index contributed by atoms with van der Waals surface area (Å²) < 4.78 is 10.3. The van der Waals surface area contributed by atoms with Crippen molar-refractivity contribution in [2.24, 2.45) is 11.8 Å². The van der Waals surface area contributed by atoms with Crippen molar-refractivity contribution in [2.45, 2.75) is 25.9 Å². The summed E-state index contributed by atoms with van der Waals surface area (Å²) in [5, 5.41) is 2.62. The lowest BCUT2D eigenvalue weighted by molar-refractivity contribution is -0.158. The first-order valence-electron chi connectivity index (χ1n) is 9.06. The predicted octanol–water partition coefficient (Wildman–Crippen LogP) is 1.52. The number of benzene rings is 1. The van der Waals surface area contributed by atoms with Crippen LogP contribution < -0.4 is 10.1 Å². The molecule has 0 aromatic heterocycles. The van der Waals surface area contributed by atoms with E-state index in [0.29, 0.717) is 24.3 Å². The van der Waals surface area contributed by atoms with E-state index in [9.17, 15) is 19.2 Å². The van der Waals surface area contributed by atoms with Crippen molar-refractivity contribution >= 4 is 29.4 Å². The number of carbonyl (C=O) groups excluding carboxylic acids is 4. The number of likely N-dealkylation sites (tertiary alicyclic amines) is 1. The normalized spacial score (nSPS) is 21.9. The minimum Gasteiger partial charge on any atom is -0.495 e. The predicted molar refractivity (Wildman–Crippen MR) is 99.3 cm³/mol. The molecule has 1 saturated heterocycles. The number of hydrogen-bond acceptors (Lipinski definition) is 6. The number of nitrogens with one attached hydrogen (secondary N) is 1. The number of methoxy groups -OCH3 is 1. The standard InChI is InChI=1S/C20H22N2O6/c1-12(18(24)21-15-9-5-6-10-16(15)27-2)28-17(23)11-22-19(25)13-7-3-4-8-14(13)20(22)26/h3-6,9-10,12-14H,7-8,11H2,1-2H3,(H,21,24)/t12-,13-,14-/m0/s1. The van der Waals surface area contributed by atoms with E-state index in [1.807, 2.05) is 12.2 Å². The van der Waals surface area contributed by atoms with E-state index in [1.54, 1.807) is 24.3 Å². The fourth-order valence-electron chi connectivity index (χ4n) is 3.42. The first-order chi connectivity index (χ1) is 13.4. The molecular weight excluding hydrogens is 364 g/mol. The molecule has 148 valence electrons. The average molecular weight is 386 g/mol. The van der Waals surface area contributed by atoms with Crippen LogP contribution in [0, 0.1) is 11.8 Å². The van der Waals surface area contributed by atoms with Crippen LogP contribution in [0.5, 0.6) is 5.75 Å². The Balaban J connectivity index is 1.56.